The fourth-order valence-electron chi connectivity index (χ4n) is 2.11. The minimum atomic E-state index is -0.811. The average molecular weight is 467 g/mol. The van der Waals surface area contributed by atoms with Gasteiger partial charge < -0.3 is 19.5 Å². The van der Waals surface area contributed by atoms with Gasteiger partial charge in [-0.15, -0.1) is 22.7 Å². The molecule has 158 valence electrons. The van der Waals surface area contributed by atoms with Crippen molar-refractivity contribution in [3.63, 3.8) is 0 Å². The molecule has 0 unspecified atom stereocenters. The molecule has 2 aromatic heterocycles. The molecule has 2 N–H and O–H groups in total. The summed E-state index contributed by atoms with van der Waals surface area (Å²) in [6.45, 7) is 4.72. The molecular formula is C18H18N4O5S3. The van der Waals surface area contributed by atoms with Crippen molar-refractivity contribution in [1.29, 1.82) is 0 Å². The molecule has 30 heavy (non-hydrogen) atoms. The van der Waals surface area contributed by atoms with Crippen LogP contribution in [0.2, 0.25) is 0 Å². The molecule has 0 amide bonds. The number of oxime groups is 1. The van der Waals surface area contributed by atoms with E-state index < -0.39 is 24.1 Å². The highest BCUT2D eigenvalue weighted by molar-refractivity contribution is 7.97. The second kappa shape index (κ2) is 9.41. The zero-order valence-corrected chi connectivity index (χ0v) is 18.7. The van der Waals surface area contributed by atoms with Crippen LogP contribution in [0.15, 0.2) is 39.1 Å². The quantitative estimate of drug-likeness (QED) is 0.240. The van der Waals surface area contributed by atoms with Crippen molar-refractivity contribution in [3.05, 3.63) is 35.3 Å². The van der Waals surface area contributed by atoms with E-state index in [1.807, 2.05) is 24.3 Å². The molecule has 0 aliphatic rings. The summed E-state index contributed by atoms with van der Waals surface area (Å²) in [6, 6.07) is 7.57. The molecule has 0 fully saturated rings. The van der Waals surface area contributed by atoms with Crippen LogP contribution in [0, 0.1) is 0 Å². The van der Waals surface area contributed by atoms with Gasteiger partial charge in [0.15, 0.2) is 9.47 Å². The number of nitrogen functional groups attached to an aromatic ring is 1. The van der Waals surface area contributed by atoms with E-state index in [9.17, 15) is 9.59 Å². The van der Waals surface area contributed by atoms with E-state index in [0.29, 0.717) is 4.34 Å². The number of anilines is 1. The van der Waals surface area contributed by atoms with Gasteiger partial charge in [0.1, 0.15) is 23.3 Å². The number of nitrogens with zero attached hydrogens (tertiary/aromatic N) is 3. The largest absolute Gasteiger partial charge is 0.457 e. The Bertz CT molecular complexity index is 1050. The normalized spacial score (nSPS) is 12.0. The van der Waals surface area contributed by atoms with Crippen LogP contribution in [0.3, 0.4) is 0 Å². The van der Waals surface area contributed by atoms with Gasteiger partial charge in [0.2, 0.25) is 12.3 Å². The fraction of sp³-hybridized carbons (Fsp3) is 0.278. The van der Waals surface area contributed by atoms with Crippen molar-refractivity contribution in [1.82, 2.24) is 9.97 Å². The van der Waals surface area contributed by atoms with Gasteiger partial charge in [-0.3, -0.25) is 0 Å². The van der Waals surface area contributed by atoms with E-state index in [-0.39, 0.29) is 16.5 Å². The Morgan fingerprint density at radius 1 is 1.23 bits per heavy atom. The molecule has 0 saturated carbocycles. The maximum absolute atomic E-state index is 12.6. The molecule has 0 spiro atoms. The van der Waals surface area contributed by atoms with E-state index in [1.54, 1.807) is 20.8 Å². The highest BCUT2D eigenvalue weighted by atomic mass is 32.2. The molecule has 12 heteroatoms. The Kier molecular flexibility index (Phi) is 6.90. The van der Waals surface area contributed by atoms with Gasteiger partial charge >= 0.3 is 11.9 Å². The van der Waals surface area contributed by atoms with Crippen LogP contribution in [0.4, 0.5) is 5.13 Å². The minimum absolute atomic E-state index is 0.177. The first kappa shape index (κ1) is 22.0. The smallest absolute Gasteiger partial charge is 0.375 e. The molecule has 0 bridgehead atoms. The van der Waals surface area contributed by atoms with Gasteiger partial charge in [-0.1, -0.05) is 17.3 Å². The number of para-hydroxylation sites is 1. The van der Waals surface area contributed by atoms with Crippen LogP contribution in [-0.2, 0) is 23.3 Å². The molecule has 0 radical (unpaired) electrons. The van der Waals surface area contributed by atoms with E-state index in [2.05, 4.69) is 15.1 Å². The number of nitrogens with two attached hydrogens (primary N) is 1. The summed E-state index contributed by atoms with van der Waals surface area (Å²) in [6.07, 6.45) is 0. The number of ether oxygens (including phenoxy) is 1. The summed E-state index contributed by atoms with van der Waals surface area (Å²) in [5, 5.41) is 5.51. The maximum atomic E-state index is 12.6. The Labute approximate surface area is 184 Å². The van der Waals surface area contributed by atoms with E-state index in [4.69, 9.17) is 19.5 Å². The van der Waals surface area contributed by atoms with Gasteiger partial charge in [-0.05, 0) is 32.9 Å². The number of thiazole rings is 2. The fourth-order valence-corrected chi connectivity index (χ4v) is 4.22. The minimum Gasteiger partial charge on any atom is -0.457 e. The van der Waals surface area contributed by atoms with Crippen molar-refractivity contribution < 1.29 is 23.3 Å². The number of benzene rings is 1. The molecule has 0 aliphatic carbocycles. The number of fused-ring (bicyclic) bond motifs is 1. The molecule has 9 nitrogen and oxygen atoms in total. The van der Waals surface area contributed by atoms with E-state index in [1.165, 1.54) is 16.7 Å². The lowest BCUT2D eigenvalue weighted by atomic mass is 10.2. The summed E-state index contributed by atoms with van der Waals surface area (Å²) >= 11 is 3.32. The molecule has 3 rings (SSSR count). The number of esters is 1. The number of rotatable bonds is 7. The zero-order chi connectivity index (χ0) is 21.7. The van der Waals surface area contributed by atoms with E-state index >= 15 is 0 Å². The number of carbonyl (C=O) groups excluding carboxylic acids is 2. The first-order valence-corrected chi connectivity index (χ1v) is 11.0. The molecule has 3 aromatic rings. The topological polar surface area (TPSA) is 126 Å². The second-order valence-corrected chi connectivity index (χ2v) is 9.67. The third-order valence-corrected chi connectivity index (χ3v) is 5.61. The Morgan fingerprint density at radius 3 is 2.67 bits per heavy atom. The van der Waals surface area contributed by atoms with Crippen LogP contribution in [0.5, 0.6) is 0 Å². The average Bonchev–Trinajstić information content (AvgIpc) is 3.27. The van der Waals surface area contributed by atoms with Crippen LogP contribution < -0.4 is 5.73 Å². The van der Waals surface area contributed by atoms with Crippen molar-refractivity contribution >= 4 is 67.7 Å². The standard InChI is InChI=1S/C18H18N4O5S3/c1-18(2,3)26-13(23)8-25-22-14(11-9-28-16(19)20-11)15(24)27-30-17-21-10-6-4-5-7-12(10)29-17/h4-7,9H,8H2,1-3H3,(H2,19,20)/b22-14+. The summed E-state index contributed by atoms with van der Waals surface area (Å²) in [4.78, 5) is 37.8. The Hall–Kier alpha value is -2.70. The lowest BCUT2D eigenvalue weighted by Gasteiger charge is -2.18. The van der Waals surface area contributed by atoms with Crippen molar-refractivity contribution in [2.24, 2.45) is 5.16 Å². The number of aromatic nitrogens is 2. The summed E-state index contributed by atoms with van der Waals surface area (Å²) < 4.78 is 11.9. The maximum Gasteiger partial charge on any atom is 0.375 e. The lowest BCUT2D eigenvalue weighted by molar-refractivity contribution is -0.160. The van der Waals surface area contributed by atoms with Crippen molar-refractivity contribution in [2.45, 2.75) is 30.7 Å². The summed E-state index contributed by atoms with van der Waals surface area (Å²) in [5.41, 5.74) is 5.74. The highest BCUT2D eigenvalue weighted by Crippen LogP contribution is 2.30. The van der Waals surface area contributed by atoms with Gasteiger partial charge in [0, 0.05) is 5.38 Å². The summed E-state index contributed by atoms with van der Waals surface area (Å²) in [7, 11) is 0. The van der Waals surface area contributed by atoms with E-state index in [0.717, 1.165) is 33.6 Å². The van der Waals surface area contributed by atoms with Gasteiger partial charge in [0.25, 0.3) is 0 Å². The lowest BCUT2D eigenvalue weighted by Crippen LogP contribution is -2.26. The summed E-state index contributed by atoms with van der Waals surface area (Å²) in [5.74, 6) is -1.44. The molecule has 0 saturated heterocycles. The Morgan fingerprint density at radius 2 is 2.00 bits per heavy atom. The molecule has 1 aromatic carbocycles. The molecular weight excluding hydrogens is 448 g/mol. The third-order valence-electron chi connectivity index (χ3n) is 3.18. The predicted octanol–water partition coefficient (Wildman–Crippen LogP) is 3.65. The van der Waals surface area contributed by atoms with Crippen LogP contribution in [0.25, 0.3) is 10.2 Å². The number of hydrogen-bond acceptors (Lipinski definition) is 12. The molecule has 0 atom stereocenters. The first-order chi connectivity index (χ1) is 14.2. The van der Waals surface area contributed by atoms with Gasteiger partial charge in [-0.2, -0.15) is 0 Å². The molecule has 2 heterocycles. The number of hydrogen-bond donors (Lipinski definition) is 1. The SMILES string of the molecule is CC(C)(C)OC(=O)CO/N=C(/C(=O)OSc1nc2ccccc2s1)c1csc(N)n1. The van der Waals surface area contributed by atoms with Crippen LogP contribution in [0.1, 0.15) is 26.5 Å². The first-order valence-electron chi connectivity index (χ1n) is 8.59. The van der Waals surface area contributed by atoms with Gasteiger partial charge in [-0.25, -0.2) is 19.6 Å². The van der Waals surface area contributed by atoms with Gasteiger partial charge in [0.05, 0.1) is 10.2 Å². The monoisotopic (exact) mass is 466 g/mol. The van der Waals surface area contributed by atoms with Crippen molar-refractivity contribution in [3.8, 4) is 0 Å². The van der Waals surface area contributed by atoms with Crippen molar-refractivity contribution in [2.75, 3.05) is 12.3 Å². The highest BCUT2D eigenvalue weighted by Gasteiger charge is 2.23. The third kappa shape index (κ3) is 6.15. The number of carbonyl (C=O) groups is 2. The van der Waals surface area contributed by atoms with Crippen LogP contribution >= 0.6 is 34.7 Å². The Balaban J connectivity index is 1.68. The molecule has 0 aliphatic heterocycles. The van der Waals surface area contributed by atoms with Crippen LogP contribution in [-0.4, -0.2) is 39.8 Å². The predicted molar refractivity (Wildman–Crippen MR) is 116 cm³/mol. The zero-order valence-electron chi connectivity index (χ0n) is 16.3. The second-order valence-electron chi connectivity index (χ2n) is 6.77.